The van der Waals surface area contributed by atoms with Crippen molar-refractivity contribution in [3.05, 3.63) is 59.9 Å². The van der Waals surface area contributed by atoms with Crippen LogP contribution in [0.3, 0.4) is 0 Å². The van der Waals surface area contributed by atoms with E-state index in [2.05, 4.69) is 27.3 Å². The lowest BCUT2D eigenvalue weighted by Crippen LogP contribution is -2.34. The second-order valence-corrected chi connectivity index (χ2v) is 6.60. The lowest BCUT2D eigenvalue weighted by atomic mass is 9.93. The lowest BCUT2D eigenvalue weighted by molar-refractivity contribution is -0.117. The summed E-state index contributed by atoms with van der Waals surface area (Å²) in [5, 5.41) is 2.99. The van der Waals surface area contributed by atoms with Gasteiger partial charge < -0.3 is 5.32 Å². The summed E-state index contributed by atoms with van der Waals surface area (Å²) in [7, 11) is 0. The maximum absolute atomic E-state index is 12.3. The molecule has 0 bridgehead atoms. The van der Waals surface area contributed by atoms with Crippen LogP contribution in [0.5, 0.6) is 0 Å². The van der Waals surface area contributed by atoms with Crippen molar-refractivity contribution in [2.45, 2.75) is 32.1 Å². The molecule has 2 heterocycles. The zero-order chi connectivity index (χ0) is 16.8. The molecular weight excluding hydrogens is 298 g/mol. The Balaban J connectivity index is 1.51. The van der Waals surface area contributed by atoms with Crippen LogP contribution < -0.4 is 5.32 Å². The van der Waals surface area contributed by atoms with E-state index in [0.717, 1.165) is 31.6 Å². The number of hydrogen-bond acceptors (Lipinski definition) is 3. The van der Waals surface area contributed by atoms with Gasteiger partial charge in [-0.2, -0.15) is 0 Å². The maximum atomic E-state index is 12.3. The summed E-state index contributed by atoms with van der Waals surface area (Å²) in [6.45, 7) is 4.47. The molecule has 24 heavy (non-hydrogen) atoms. The average molecular weight is 323 g/mol. The van der Waals surface area contributed by atoms with Gasteiger partial charge in [-0.3, -0.25) is 14.7 Å². The van der Waals surface area contributed by atoms with Crippen LogP contribution in [0.1, 0.15) is 36.3 Å². The highest BCUT2D eigenvalue weighted by atomic mass is 16.2. The molecule has 4 heteroatoms. The summed E-state index contributed by atoms with van der Waals surface area (Å²) in [4.78, 5) is 18.6. The van der Waals surface area contributed by atoms with E-state index in [4.69, 9.17) is 0 Å². The molecule has 2 aromatic rings. The highest BCUT2D eigenvalue weighted by Gasteiger charge is 2.19. The number of aromatic nitrogens is 1. The SMILES string of the molecule is Cc1ccc(NC(=O)CN2CCCC(c3ccncc3)CC2)cc1. The fourth-order valence-electron chi connectivity index (χ4n) is 3.32. The minimum absolute atomic E-state index is 0.0706. The summed E-state index contributed by atoms with van der Waals surface area (Å²) in [6, 6.07) is 12.2. The average Bonchev–Trinajstić information content (AvgIpc) is 2.83. The third kappa shape index (κ3) is 4.65. The molecule has 1 aromatic carbocycles. The molecule has 1 aromatic heterocycles. The van der Waals surface area contributed by atoms with E-state index >= 15 is 0 Å². The van der Waals surface area contributed by atoms with Crippen molar-refractivity contribution in [3.8, 4) is 0 Å². The summed E-state index contributed by atoms with van der Waals surface area (Å²) in [5.41, 5.74) is 3.44. The fraction of sp³-hybridized carbons (Fsp3) is 0.400. The molecule has 1 unspecified atom stereocenters. The Hall–Kier alpha value is -2.20. The number of nitrogens with zero attached hydrogens (tertiary/aromatic N) is 2. The number of anilines is 1. The van der Waals surface area contributed by atoms with Gasteiger partial charge in [0.1, 0.15) is 0 Å². The number of amides is 1. The first-order chi connectivity index (χ1) is 11.7. The first kappa shape index (κ1) is 16.7. The second-order valence-electron chi connectivity index (χ2n) is 6.60. The zero-order valence-electron chi connectivity index (χ0n) is 14.2. The van der Waals surface area contributed by atoms with Crippen LogP contribution in [0.4, 0.5) is 5.69 Å². The highest BCUT2D eigenvalue weighted by Crippen LogP contribution is 2.27. The van der Waals surface area contributed by atoms with Crippen molar-refractivity contribution in [1.29, 1.82) is 0 Å². The smallest absolute Gasteiger partial charge is 0.238 e. The van der Waals surface area contributed by atoms with E-state index in [1.54, 1.807) is 0 Å². The number of rotatable bonds is 4. The Morgan fingerprint density at radius 1 is 1.12 bits per heavy atom. The van der Waals surface area contributed by atoms with E-state index in [9.17, 15) is 4.79 Å². The first-order valence-electron chi connectivity index (χ1n) is 8.69. The summed E-state index contributed by atoms with van der Waals surface area (Å²) >= 11 is 0. The topological polar surface area (TPSA) is 45.2 Å². The molecule has 126 valence electrons. The molecular formula is C20H25N3O. The molecule has 4 nitrogen and oxygen atoms in total. The normalized spacial score (nSPS) is 18.8. The Bertz CT molecular complexity index is 654. The Morgan fingerprint density at radius 2 is 1.88 bits per heavy atom. The summed E-state index contributed by atoms with van der Waals surface area (Å²) < 4.78 is 0. The molecule has 1 saturated heterocycles. The number of nitrogens with one attached hydrogen (secondary N) is 1. The predicted octanol–water partition coefficient (Wildman–Crippen LogP) is 3.60. The largest absolute Gasteiger partial charge is 0.325 e. The van der Waals surface area contributed by atoms with E-state index in [1.807, 2.05) is 43.6 Å². The van der Waals surface area contributed by atoms with Crippen molar-refractivity contribution >= 4 is 11.6 Å². The molecule has 1 atom stereocenters. The third-order valence-corrected chi connectivity index (χ3v) is 4.70. The number of aryl methyl sites for hydroxylation is 1. The van der Waals surface area contributed by atoms with Crippen LogP contribution in [0, 0.1) is 6.92 Å². The number of carbonyl (C=O) groups is 1. The summed E-state index contributed by atoms with van der Waals surface area (Å²) in [6.07, 6.45) is 7.15. The minimum atomic E-state index is 0.0706. The number of likely N-dealkylation sites (tertiary alicyclic amines) is 1. The van der Waals surface area contributed by atoms with Gasteiger partial charge in [0.15, 0.2) is 0 Å². The van der Waals surface area contributed by atoms with Gasteiger partial charge >= 0.3 is 0 Å². The number of pyridine rings is 1. The molecule has 1 aliphatic heterocycles. The molecule has 0 aliphatic carbocycles. The lowest BCUT2D eigenvalue weighted by Gasteiger charge is -2.19. The quantitative estimate of drug-likeness (QED) is 0.935. The van der Waals surface area contributed by atoms with Gasteiger partial charge in [0.2, 0.25) is 5.91 Å². The highest BCUT2D eigenvalue weighted by molar-refractivity contribution is 5.92. The van der Waals surface area contributed by atoms with Crippen LogP contribution in [0.2, 0.25) is 0 Å². The van der Waals surface area contributed by atoms with E-state index in [-0.39, 0.29) is 5.91 Å². The first-order valence-corrected chi connectivity index (χ1v) is 8.69. The van der Waals surface area contributed by atoms with Gasteiger partial charge in [0.05, 0.1) is 6.54 Å². The summed E-state index contributed by atoms with van der Waals surface area (Å²) in [5.74, 6) is 0.652. The van der Waals surface area contributed by atoms with Crippen molar-refractivity contribution in [1.82, 2.24) is 9.88 Å². The zero-order valence-corrected chi connectivity index (χ0v) is 14.2. The number of hydrogen-bond donors (Lipinski definition) is 1. The fourth-order valence-corrected chi connectivity index (χ4v) is 3.32. The van der Waals surface area contributed by atoms with Gasteiger partial charge in [-0.25, -0.2) is 0 Å². The molecule has 0 spiro atoms. The molecule has 1 fully saturated rings. The van der Waals surface area contributed by atoms with Gasteiger partial charge in [-0.1, -0.05) is 17.7 Å². The van der Waals surface area contributed by atoms with E-state index < -0.39 is 0 Å². The standard InChI is InChI=1S/C20H25N3O/c1-16-4-6-19(7-5-16)22-20(24)15-23-13-2-3-17(10-14-23)18-8-11-21-12-9-18/h4-9,11-12,17H,2-3,10,13-15H2,1H3,(H,22,24). The molecule has 3 rings (SSSR count). The van der Waals surface area contributed by atoms with Crippen LogP contribution in [-0.4, -0.2) is 35.4 Å². The second kappa shape index (κ2) is 8.06. The van der Waals surface area contributed by atoms with E-state index in [1.165, 1.54) is 17.5 Å². The molecule has 1 amide bonds. The Labute approximate surface area is 143 Å². The predicted molar refractivity (Wildman–Crippen MR) is 97.1 cm³/mol. The number of benzene rings is 1. The Kier molecular flexibility index (Phi) is 5.59. The van der Waals surface area contributed by atoms with Gasteiger partial charge in [-0.05, 0) is 75.0 Å². The maximum Gasteiger partial charge on any atom is 0.238 e. The van der Waals surface area contributed by atoms with Crippen LogP contribution in [0.15, 0.2) is 48.8 Å². The van der Waals surface area contributed by atoms with Crippen LogP contribution in [-0.2, 0) is 4.79 Å². The molecule has 0 saturated carbocycles. The molecule has 0 radical (unpaired) electrons. The minimum Gasteiger partial charge on any atom is -0.325 e. The van der Waals surface area contributed by atoms with Crippen LogP contribution in [0.25, 0.3) is 0 Å². The third-order valence-electron chi connectivity index (χ3n) is 4.70. The van der Waals surface area contributed by atoms with Gasteiger partial charge in [0, 0.05) is 18.1 Å². The van der Waals surface area contributed by atoms with Crippen molar-refractivity contribution in [2.24, 2.45) is 0 Å². The van der Waals surface area contributed by atoms with E-state index in [0.29, 0.717) is 12.5 Å². The molecule has 1 N–H and O–H groups in total. The van der Waals surface area contributed by atoms with Gasteiger partial charge in [0.25, 0.3) is 0 Å². The monoisotopic (exact) mass is 323 g/mol. The number of carbonyl (C=O) groups excluding carboxylic acids is 1. The van der Waals surface area contributed by atoms with Crippen LogP contribution >= 0.6 is 0 Å². The van der Waals surface area contributed by atoms with Crippen molar-refractivity contribution in [2.75, 3.05) is 25.0 Å². The molecule has 1 aliphatic rings. The van der Waals surface area contributed by atoms with Crippen molar-refractivity contribution in [3.63, 3.8) is 0 Å². The van der Waals surface area contributed by atoms with Gasteiger partial charge in [-0.15, -0.1) is 0 Å². The Morgan fingerprint density at radius 3 is 2.62 bits per heavy atom. The van der Waals surface area contributed by atoms with Crippen molar-refractivity contribution < 1.29 is 4.79 Å².